The fourth-order valence-electron chi connectivity index (χ4n) is 1.37. The van der Waals surface area contributed by atoms with Crippen molar-refractivity contribution in [1.29, 1.82) is 0 Å². The van der Waals surface area contributed by atoms with E-state index in [2.05, 4.69) is 10.2 Å². The first kappa shape index (κ1) is 14.7. The summed E-state index contributed by atoms with van der Waals surface area (Å²) in [6.45, 7) is -1.45. The van der Waals surface area contributed by atoms with Gasteiger partial charge in [-0.1, -0.05) is 12.1 Å². The average Bonchev–Trinajstić information content (AvgIpc) is 2.34. The van der Waals surface area contributed by atoms with Gasteiger partial charge in [0.25, 0.3) is 0 Å². The van der Waals surface area contributed by atoms with Gasteiger partial charge in [0, 0.05) is 0 Å². The summed E-state index contributed by atoms with van der Waals surface area (Å²) >= 11 is 0. The molecule has 0 aromatic heterocycles. The molecule has 0 heterocycles. The number of halogens is 3. The summed E-state index contributed by atoms with van der Waals surface area (Å²) in [5, 5.41) is 0. The van der Waals surface area contributed by atoms with E-state index in [-0.39, 0.29) is 6.61 Å². The molecule has 7 heteroatoms. The minimum atomic E-state index is -4.33. The summed E-state index contributed by atoms with van der Waals surface area (Å²) < 4.78 is 45.3. The van der Waals surface area contributed by atoms with Gasteiger partial charge in [-0.25, -0.2) is 0 Å². The van der Waals surface area contributed by atoms with Gasteiger partial charge >= 0.3 is 6.18 Å². The van der Waals surface area contributed by atoms with E-state index < -0.39 is 18.8 Å². The van der Waals surface area contributed by atoms with Crippen molar-refractivity contribution in [2.24, 2.45) is 5.84 Å². The Balaban J connectivity index is 2.54. The van der Waals surface area contributed by atoms with Crippen molar-refractivity contribution in [1.82, 2.24) is 5.43 Å². The van der Waals surface area contributed by atoms with Gasteiger partial charge in [-0.3, -0.25) is 11.3 Å². The Hall–Kier alpha value is -1.31. The molecule has 1 atom stereocenters. The Morgan fingerprint density at radius 3 is 2.33 bits per heavy atom. The molecule has 0 fully saturated rings. The first-order valence-electron chi connectivity index (χ1n) is 5.21. The SMILES string of the molecule is COc1ccc(C(COCC(F)(F)F)NN)cc1. The van der Waals surface area contributed by atoms with Gasteiger partial charge in [0.05, 0.1) is 19.8 Å². The van der Waals surface area contributed by atoms with Crippen LogP contribution in [-0.2, 0) is 4.74 Å². The molecule has 0 saturated carbocycles. The van der Waals surface area contributed by atoms with Crippen molar-refractivity contribution >= 4 is 0 Å². The zero-order chi connectivity index (χ0) is 13.6. The van der Waals surface area contributed by atoms with E-state index in [4.69, 9.17) is 10.6 Å². The lowest BCUT2D eigenvalue weighted by atomic mass is 10.1. The Kier molecular flexibility index (Phi) is 5.39. The largest absolute Gasteiger partial charge is 0.497 e. The monoisotopic (exact) mass is 264 g/mol. The highest BCUT2D eigenvalue weighted by Crippen LogP contribution is 2.19. The number of rotatable bonds is 6. The van der Waals surface area contributed by atoms with Crippen LogP contribution in [0.3, 0.4) is 0 Å². The number of hydrazine groups is 1. The van der Waals surface area contributed by atoms with E-state index >= 15 is 0 Å². The number of nitrogens with two attached hydrogens (primary N) is 1. The lowest BCUT2D eigenvalue weighted by Gasteiger charge is -2.17. The maximum absolute atomic E-state index is 11.9. The molecule has 1 aromatic rings. The third-order valence-electron chi connectivity index (χ3n) is 2.27. The number of alkyl halides is 3. The molecule has 4 nitrogen and oxygen atoms in total. The maximum Gasteiger partial charge on any atom is 0.411 e. The summed E-state index contributed by atoms with van der Waals surface area (Å²) in [7, 11) is 1.53. The molecular formula is C11H15F3N2O2. The Morgan fingerprint density at radius 1 is 1.28 bits per heavy atom. The third kappa shape index (κ3) is 4.91. The van der Waals surface area contributed by atoms with Gasteiger partial charge in [-0.2, -0.15) is 13.2 Å². The number of methoxy groups -OCH3 is 1. The highest BCUT2D eigenvalue weighted by Gasteiger charge is 2.28. The summed E-state index contributed by atoms with van der Waals surface area (Å²) in [6, 6.07) is 6.31. The topological polar surface area (TPSA) is 56.5 Å². The second kappa shape index (κ2) is 6.58. The van der Waals surface area contributed by atoms with Gasteiger partial charge in [0.15, 0.2) is 0 Å². The molecule has 0 radical (unpaired) electrons. The summed E-state index contributed by atoms with van der Waals surface area (Å²) in [6.07, 6.45) is -4.33. The molecule has 18 heavy (non-hydrogen) atoms. The van der Waals surface area contributed by atoms with Crippen LogP contribution in [0, 0.1) is 0 Å². The molecule has 3 N–H and O–H groups in total. The van der Waals surface area contributed by atoms with E-state index in [1.54, 1.807) is 24.3 Å². The van der Waals surface area contributed by atoms with Crippen molar-refractivity contribution in [3.05, 3.63) is 29.8 Å². The molecule has 0 amide bonds. The van der Waals surface area contributed by atoms with Crippen LogP contribution in [0.5, 0.6) is 5.75 Å². The van der Waals surface area contributed by atoms with Crippen LogP contribution in [0.15, 0.2) is 24.3 Å². The Morgan fingerprint density at radius 2 is 1.89 bits per heavy atom. The fraction of sp³-hybridized carbons (Fsp3) is 0.455. The molecule has 0 bridgehead atoms. The quantitative estimate of drug-likeness (QED) is 0.607. The predicted molar refractivity (Wildman–Crippen MR) is 59.9 cm³/mol. The lowest BCUT2D eigenvalue weighted by Crippen LogP contribution is -2.32. The fourth-order valence-corrected chi connectivity index (χ4v) is 1.37. The standard InChI is InChI=1S/C11H15F3N2O2/c1-17-9-4-2-8(3-5-9)10(16-15)6-18-7-11(12,13)14/h2-5,10,16H,6-7,15H2,1H3. The lowest BCUT2D eigenvalue weighted by molar-refractivity contribution is -0.175. The van der Waals surface area contributed by atoms with E-state index in [1.165, 1.54) is 7.11 Å². The second-order valence-electron chi connectivity index (χ2n) is 3.62. The van der Waals surface area contributed by atoms with Crippen LogP contribution in [-0.4, -0.2) is 26.5 Å². The normalized spacial score (nSPS) is 13.4. The summed E-state index contributed by atoms with van der Waals surface area (Å²) in [4.78, 5) is 0. The Bertz CT molecular complexity index is 354. The molecule has 0 spiro atoms. The van der Waals surface area contributed by atoms with Crippen molar-refractivity contribution < 1.29 is 22.6 Å². The van der Waals surface area contributed by atoms with Crippen LogP contribution < -0.4 is 16.0 Å². The number of benzene rings is 1. The molecule has 0 aliphatic heterocycles. The first-order chi connectivity index (χ1) is 8.46. The first-order valence-corrected chi connectivity index (χ1v) is 5.21. The molecule has 0 aliphatic carbocycles. The van der Waals surface area contributed by atoms with Gasteiger partial charge in [0.2, 0.25) is 0 Å². The molecule has 1 rings (SSSR count). The molecular weight excluding hydrogens is 249 g/mol. The van der Waals surface area contributed by atoms with Gasteiger partial charge in [-0.15, -0.1) is 0 Å². The van der Waals surface area contributed by atoms with E-state index in [1.807, 2.05) is 0 Å². The maximum atomic E-state index is 11.9. The highest BCUT2D eigenvalue weighted by atomic mass is 19.4. The summed E-state index contributed by atoms with van der Waals surface area (Å²) in [5.74, 6) is 5.94. The molecule has 1 aromatic carbocycles. The molecule has 0 aliphatic rings. The Labute approximate surface area is 103 Å². The molecule has 0 saturated heterocycles. The predicted octanol–water partition coefficient (Wildman–Crippen LogP) is 1.78. The van der Waals surface area contributed by atoms with Crippen molar-refractivity contribution in [3.63, 3.8) is 0 Å². The number of hydrogen-bond acceptors (Lipinski definition) is 4. The van der Waals surface area contributed by atoms with Crippen LogP contribution in [0.2, 0.25) is 0 Å². The third-order valence-corrected chi connectivity index (χ3v) is 2.27. The number of nitrogens with one attached hydrogen (secondary N) is 1. The van der Waals surface area contributed by atoms with Crippen LogP contribution >= 0.6 is 0 Å². The smallest absolute Gasteiger partial charge is 0.411 e. The minimum absolute atomic E-state index is 0.164. The van der Waals surface area contributed by atoms with Crippen molar-refractivity contribution in [2.75, 3.05) is 20.3 Å². The zero-order valence-corrected chi connectivity index (χ0v) is 9.83. The number of hydrogen-bond donors (Lipinski definition) is 2. The second-order valence-corrected chi connectivity index (χ2v) is 3.62. The minimum Gasteiger partial charge on any atom is -0.497 e. The molecule has 102 valence electrons. The van der Waals surface area contributed by atoms with Crippen molar-refractivity contribution in [2.45, 2.75) is 12.2 Å². The van der Waals surface area contributed by atoms with E-state index in [0.29, 0.717) is 5.75 Å². The molecule has 1 unspecified atom stereocenters. The van der Waals surface area contributed by atoms with Gasteiger partial charge in [0.1, 0.15) is 12.4 Å². The van der Waals surface area contributed by atoms with Gasteiger partial charge < -0.3 is 9.47 Å². The van der Waals surface area contributed by atoms with Crippen LogP contribution in [0.4, 0.5) is 13.2 Å². The summed E-state index contributed by atoms with van der Waals surface area (Å²) in [5.41, 5.74) is 3.13. The van der Waals surface area contributed by atoms with E-state index in [9.17, 15) is 13.2 Å². The van der Waals surface area contributed by atoms with Gasteiger partial charge in [-0.05, 0) is 17.7 Å². The van der Waals surface area contributed by atoms with Crippen molar-refractivity contribution in [3.8, 4) is 5.75 Å². The highest BCUT2D eigenvalue weighted by molar-refractivity contribution is 5.29. The number of ether oxygens (including phenoxy) is 2. The van der Waals surface area contributed by atoms with Crippen LogP contribution in [0.1, 0.15) is 11.6 Å². The van der Waals surface area contributed by atoms with E-state index in [0.717, 1.165) is 5.56 Å². The zero-order valence-electron chi connectivity index (χ0n) is 9.83. The van der Waals surface area contributed by atoms with Crippen LogP contribution in [0.25, 0.3) is 0 Å². The average molecular weight is 264 g/mol.